The van der Waals surface area contributed by atoms with Crippen LogP contribution >= 0.6 is 11.6 Å². The molecule has 0 unspecified atom stereocenters. The van der Waals surface area contributed by atoms with Gasteiger partial charge in [-0.05, 0) is 12.1 Å². The van der Waals surface area contributed by atoms with Gasteiger partial charge in [0, 0.05) is 6.20 Å². The van der Waals surface area contributed by atoms with Gasteiger partial charge in [0.25, 0.3) is 5.91 Å². The lowest BCUT2D eigenvalue weighted by atomic mass is 10.1. The molecule has 1 aromatic carbocycles. The Morgan fingerprint density at radius 1 is 1.25 bits per heavy atom. The van der Waals surface area contributed by atoms with Crippen LogP contribution in [0.1, 0.15) is 15.9 Å². The first-order chi connectivity index (χ1) is 13.1. The number of halogens is 7. The third-order valence-corrected chi connectivity index (χ3v) is 3.47. The fourth-order valence-electron chi connectivity index (χ4n) is 1.92. The van der Waals surface area contributed by atoms with Crippen molar-refractivity contribution in [2.75, 3.05) is 11.9 Å². The van der Waals surface area contributed by atoms with Gasteiger partial charge in [0.1, 0.15) is 5.82 Å². The van der Waals surface area contributed by atoms with Crippen LogP contribution in [0.15, 0.2) is 31.0 Å². The molecule has 0 spiro atoms. The second kappa shape index (κ2) is 8.48. The highest BCUT2D eigenvalue weighted by atomic mass is 35.5. The standard InChI is InChI=1S/C16H10ClF6N3O2/c1-2-3-28-26-15(27)8-5-10(18)11(19)12(20)13(8)25-14-9(17)4-7(6-24-14)16(21,22)23/h2,4-6H,1,3H2,(H,24,25)(H,26,27). The Balaban J connectivity index is 2.45. The lowest BCUT2D eigenvalue weighted by Gasteiger charge is -2.15. The van der Waals surface area contributed by atoms with Crippen molar-refractivity contribution in [3.8, 4) is 0 Å². The molecule has 0 saturated carbocycles. The Bertz CT molecular complexity index is 920. The molecule has 1 aromatic heterocycles. The third kappa shape index (κ3) is 4.73. The molecule has 0 radical (unpaired) electrons. The van der Waals surface area contributed by atoms with Crippen molar-refractivity contribution >= 4 is 29.0 Å². The predicted molar refractivity (Wildman–Crippen MR) is 87.5 cm³/mol. The van der Waals surface area contributed by atoms with E-state index in [0.717, 1.165) is 0 Å². The summed E-state index contributed by atoms with van der Waals surface area (Å²) in [5.41, 5.74) is -1.02. The lowest BCUT2D eigenvalue weighted by Crippen LogP contribution is -2.25. The Kier molecular flexibility index (Phi) is 6.52. The maximum Gasteiger partial charge on any atom is 0.417 e. The molecule has 2 rings (SSSR count). The topological polar surface area (TPSA) is 63.2 Å². The molecule has 2 N–H and O–H groups in total. The molecule has 150 valence electrons. The smallest absolute Gasteiger partial charge is 0.336 e. The van der Waals surface area contributed by atoms with Crippen molar-refractivity contribution in [2.24, 2.45) is 0 Å². The van der Waals surface area contributed by atoms with Crippen LogP contribution in [-0.4, -0.2) is 17.5 Å². The molecule has 0 aliphatic carbocycles. The Morgan fingerprint density at radius 3 is 2.50 bits per heavy atom. The van der Waals surface area contributed by atoms with Crippen LogP contribution in [0.5, 0.6) is 0 Å². The zero-order valence-corrected chi connectivity index (χ0v) is 14.4. The second-order valence-corrected chi connectivity index (χ2v) is 5.52. The normalized spacial score (nSPS) is 11.2. The lowest BCUT2D eigenvalue weighted by molar-refractivity contribution is -0.137. The largest absolute Gasteiger partial charge is 0.417 e. The van der Waals surface area contributed by atoms with Gasteiger partial charge in [-0.2, -0.15) is 13.2 Å². The van der Waals surface area contributed by atoms with Crippen molar-refractivity contribution in [1.82, 2.24) is 10.5 Å². The van der Waals surface area contributed by atoms with Crippen LogP contribution in [-0.2, 0) is 11.0 Å². The molecule has 28 heavy (non-hydrogen) atoms. The first-order valence-electron chi connectivity index (χ1n) is 7.26. The van der Waals surface area contributed by atoms with Crippen molar-refractivity contribution in [3.63, 3.8) is 0 Å². The summed E-state index contributed by atoms with van der Waals surface area (Å²) in [6.07, 6.45) is -3.09. The summed E-state index contributed by atoms with van der Waals surface area (Å²) < 4.78 is 79.3. The van der Waals surface area contributed by atoms with Crippen LogP contribution in [0.25, 0.3) is 0 Å². The van der Waals surface area contributed by atoms with E-state index in [1.807, 2.05) is 5.48 Å². The molecular formula is C16H10ClF6N3O2. The van der Waals surface area contributed by atoms with E-state index < -0.39 is 57.2 Å². The second-order valence-electron chi connectivity index (χ2n) is 5.12. The highest BCUT2D eigenvalue weighted by molar-refractivity contribution is 6.33. The summed E-state index contributed by atoms with van der Waals surface area (Å²) in [5.74, 6) is -7.12. The van der Waals surface area contributed by atoms with E-state index in [9.17, 15) is 31.1 Å². The van der Waals surface area contributed by atoms with Gasteiger partial charge >= 0.3 is 6.18 Å². The van der Waals surface area contributed by atoms with Crippen LogP contribution in [0.3, 0.4) is 0 Å². The highest BCUT2D eigenvalue weighted by Crippen LogP contribution is 2.35. The molecule has 1 heterocycles. The number of nitrogens with zero attached hydrogens (tertiary/aromatic N) is 1. The number of hydrogen-bond acceptors (Lipinski definition) is 4. The van der Waals surface area contributed by atoms with Gasteiger partial charge in [-0.25, -0.2) is 23.6 Å². The van der Waals surface area contributed by atoms with E-state index in [2.05, 4.69) is 21.7 Å². The molecule has 1 amide bonds. The number of alkyl halides is 3. The molecule has 0 aliphatic rings. The molecule has 5 nitrogen and oxygen atoms in total. The van der Waals surface area contributed by atoms with Crippen LogP contribution in [0.2, 0.25) is 5.02 Å². The van der Waals surface area contributed by atoms with Crippen molar-refractivity contribution in [1.29, 1.82) is 0 Å². The number of carbonyl (C=O) groups excluding carboxylic acids is 1. The Hall–Kier alpha value is -2.79. The van der Waals surface area contributed by atoms with E-state index in [-0.39, 0.29) is 6.61 Å². The van der Waals surface area contributed by atoms with Crippen LogP contribution in [0.4, 0.5) is 37.8 Å². The average molecular weight is 426 g/mol. The zero-order chi connectivity index (χ0) is 21.1. The van der Waals surface area contributed by atoms with E-state index >= 15 is 0 Å². The van der Waals surface area contributed by atoms with Gasteiger partial charge < -0.3 is 5.32 Å². The number of rotatable bonds is 6. The van der Waals surface area contributed by atoms with Gasteiger partial charge in [0.2, 0.25) is 0 Å². The van der Waals surface area contributed by atoms with Crippen molar-refractivity contribution in [2.45, 2.75) is 6.18 Å². The van der Waals surface area contributed by atoms with Crippen molar-refractivity contribution < 1.29 is 36.0 Å². The summed E-state index contributed by atoms with van der Waals surface area (Å²) in [5, 5.41) is 1.50. The van der Waals surface area contributed by atoms with Crippen LogP contribution < -0.4 is 10.8 Å². The number of amides is 1. The number of aromatic nitrogens is 1. The predicted octanol–water partition coefficient (Wildman–Crippen LogP) is 4.76. The van der Waals surface area contributed by atoms with Gasteiger partial charge in [-0.3, -0.25) is 9.63 Å². The van der Waals surface area contributed by atoms with Gasteiger partial charge in [-0.15, -0.1) is 6.58 Å². The van der Waals surface area contributed by atoms with E-state index in [4.69, 9.17) is 11.6 Å². The number of hydroxylamine groups is 1. The molecule has 0 saturated heterocycles. The number of anilines is 2. The maximum atomic E-state index is 14.2. The SMILES string of the molecule is C=CCONC(=O)c1cc(F)c(F)c(F)c1Nc1ncc(C(F)(F)F)cc1Cl. The van der Waals surface area contributed by atoms with Gasteiger partial charge in [-0.1, -0.05) is 17.7 Å². The first kappa shape index (κ1) is 21.5. The first-order valence-corrected chi connectivity index (χ1v) is 7.64. The number of nitrogens with one attached hydrogen (secondary N) is 2. The quantitative estimate of drug-likeness (QED) is 0.230. The number of pyridine rings is 1. The van der Waals surface area contributed by atoms with Gasteiger partial charge in [0.05, 0.1) is 28.4 Å². The summed E-state index contributed by atoms with van der Waals surface area (Å²) in [7, 11) is 0. The molecule has 0 fully saturated rings. The molecule has 12 heteroatoms. The maximum absolute atomic E-state index is 14.2. The minimum atomic E-state index is -4.74. The summed E-state index contributed by atoms with van der Waals surface area (Å²) in [6, 6.07) is 0.854. The molecule has 0 bridgehead atoms. The highest BCUT2D eigenvalue weighted by Gasteiger charge is 2.32. The molecule has 0 aliphatic heterocycles. The average Bonchev–Trinajstić information content (AvgIpc) is 2.62. The fourth-order valence-corrected chi connectivity index (χ4v) is 2.13. The van der Waals surface area contributed by atoms with E-state index in [0.29, 0.717) is 18.3 Å². The summed E-state index contributed by atoms with van der Waals surface area (Å²) in [4.78, 5) is 20.1. The van der Waals surface area contributed by atoms with E-state index in [1.54, 1.807) is 0 Å². The Labute approximate surface area is 158 Å². The molecule has 2 aromatic rings. The number of benzene rings is 1. The van der Waals surface area contributed by atoms with E-state index in [1.165, 1.54) is 6.08 Å². The van der Waals surface area contributed by atoms with Gasteiger partial charge in [0.15, 0.2) is 17.5 Å². The number of hydrogen-bond donors (Lipinski definition) is 2. The fraction of sp³-hybridized carbons (Fsp3) is 0.125. The third-order valence-electron chi connectivity index (χ3n) is 3.18. The summed E-state index contributed by atoms with van der Waals surface area (Å²) in [6.45, 7) is 3.17. The zero-order valence-electron chi connectivity index (χ0n) is 13.6. The Morgan fingerprint density at radius 2 is 1.93 bits per heavy atom. The minimum Gasteiger partial charge on any atom is -0.336 e. The van der Waals surface area contributed by atoms with Crippen LogP contribution in [0, 0.1) is 17.5 Å². The summed E-state index contributed by atoms with van der Waals surface area (Å²) >= 11 is 5.69. The number of carbonyl (C=O) groups is 1. The van der Waals surface area contributed by atoms with Crippen molar-refractivity contribution in [3.05, 3.63) is 64.6 Å². The minimum absolute atomic E-state index is 0.146. The molecular weight excluding hydrogens is 416 g/mol. The molecule has 0 atom stereocenters. The monoisotopic (exact) mass is 425 g/mol.